The van der Waals surface area contributed by atoms with Gasteiger partial charge in [-0.2, -0.15) is 0 Å². The van der Waals surface area contributed by atoms with Crippen molar-refractivity contribution in [2.75, 3.05) is 0 Å². The summed E-state index contributed by atoms with van der Waals surface area (Å²) in [6.45, 7) is 1.82. The van der Waals surface area contributed by atoms with Gasteiger partial charge in [-0.15, -0.1) is 0 Å². The zero-order valence-electron chi connectivity index (χ0n) is 11.7. The van der Waals surface area contributed by atoms with Crippen molar-refractivity contribution in [1.29, 1.82) is 0 Å². The Bertz CT molecular complexity index is 594. The van der Waals surface area contributed by atoms with Crippen LogP contribution in [0, 0.1) is 5.92 Å². The van der Waals surface area contributed by atoms with Crippen molar-refractivity contribution in [2.45, 2.75) is 32.1 Å². The molecule has 21 heavy (non-hydrogen) atoms. The number of ether oxygens (including phenoxy) is 1. The largest absolute Gasteiger partial charge is 0.457 e. The molecule has 5 heteroatoms. The van der Waals surface area contributed by atoms with E-state index in [4.69, 9.17) is 4.74 Å². The maximum atomic E-state index is 12.0. The predicted octanol–water partition coefficient (Wildman–Crippen LogP) is 1.23. The number of β-lactam (4-membered cyclic amide) rings is 1. The second kappa shape index (κ2) is 5.33. The van der Waals surface area contributed by atoms with Gasteiger partial charge in [0.2, 0.25) is 5.91 Å². The number of benzene rings is 1. The zero-order valence-corrected chi connectivity index (χ0v) is 11.7. The average molecular weight is 287 g/mol. The number of amides is 1. The Hall–Kier alpha value is -2.14. The molecule has 0 aliphatic carbocycles. The highest BCUT2D eigenvalue weighted by molar-refractivity contribution is 5.95. The van der Waals surface area contributed by atoms with Crippen molar-refractivity contribution < 1.29 is 19.4 Å². The fraction of sp³-hybridized carbons (Fsp3) is 0.375. The lowest BCUT2D eigenvalue weighted by Gasteiger charge is -2.43. The highest BCUT2D eigenvalue weighted by Crippen LogP contribution is 2.39. The molecule has 3 unspecified atom stereocenters. The van der Waals surface area contributed by atoms with E-state index in [2.05, 4.69) is 0 Å². The van der Waals surface area contributed by atoms with Gasteiger partial charge in [-0.25, -0.2) is 4.79 Å². The number of carbonyl (C=O) groups excluding carboxylic acids is 2. The van der Waals surface area contributed by atoms with Crippen LogP contribution in [-0.2, 0) is 20.9 Å². The third kappa shape index (κ3) is 2.45. The molecule has 0 radical (unpaired) electrons. The Kier molecular flexibility index (Phi) is 3.51. The minimum atomic E-state index is -0.688. The van der Waals surface area contributed by atoms with Crippen molar-refractivity contribution in [3.05, 3.63) is 47.7 Å². The number of hydrogen-bond acceptors (Lipinski definition) is 4. The Morgan fingerprint density at radius 2 is 2.14 bits per heavy atom. The number of aliphatic hydroxyl groups is 1. The van der Waals surface area contributed by atoms with Crippen molar-refractivity contribution in [2.24, 2.45) is 5.92 Å². The predicted molar refractivity (Wildman–Crippen MR) is 74.7 cm³/mol. The molecule has 0 bridgehead atoms. The van der Waals surface area contributed by atoms with E-state index in [9.17, 15) is 14.7 Å². The van der Waals surface area contributed by atoms with Crippen LogP contribution < -0.4 is 0 Å². The lowest BCUT2D eigenvalue weighted by atomic mass is 9.83. The van der Waals surface area contributed by atoms with E-state index < -0.39 is 18.0 Å². The second-order valence-corrected chi connectivity index (χ2v) is 5.50. The average Bonchev–Trinajstić information content (AvgIpc) is 2.85. The topological polar surface area (TPSA) is 66.8 Å². The smallest absolute Gasteiger partial charge is 0.335 e. The Morgan fingerprint density at radius 1 is 1.43 bits per heavy atom. The van der Waals surface area contributed by atoms with Gasteiger partial charge in [0.15, 0.2) is 0 Å². The molecular weight excluding hydrogens is 270 g/mol. The maximum absolute atomic E-state index is 12.0. The summed E-state index contributed by atoms with van der Waals surface area (Å²) in [5, 5.41) is 9.58. The van der Waals surface area contributed by atoms with Crippen LogP contribution in [0.1, 0.15) is 18.9 Å². The number of nitrogens with zero attached hydrogens (tertiary/aromatic N) is 1. The van der Waals surface area contributed by atoms with E-state index in [1.165, 1.54) is 4.90 Å². The quantitative estimate of drug-likeness (QED) is 0.668. The molecular formula is C16H17NO4. The van der Waals surface area contributed by atoms with Gasteiger partial charge in [-0.05, 0) is 12.5 Å². The Morgan fingerprint density at radius 3 is 2.81 bits per heavy atom. The number of aliphatic hydroxyl groups excluding tert-OH is 1. The first-order chi connectivity index (χ1) is 10.1. The molecule has 2 heterocycles. The fourth-order valence-corrected chi connectivity index (χ4v) is 2.90. The van der Waals surface area contributed by atoms with Crippen molar-refractivity contribution in [1.82, 2.24) is 4.90 Å². The van der Waals surface area contributed by atoms with E-state index in [0.717, 1.165) is 5.56 Å². The molecule has 3 atom stereocenters. The van der Waals surface area contributed by atoms with Crippen molar-refractivity contribution in [3.63, 3.8) is 0 Å². The van der Waals surface area contributed by atoms with E-state index in [1.54, 1.807) is 13.1 Å². The van der Waals surface area contributed by atoms with Crippen LogP contribution in [0.4, 0.5) is 0 Å². The van der Waals surface area contributed by atoms with Gasteiger partial charge < -0.3 is 14.7 Å². The van der Waals surface area contributed by atoms with Crippen LogP contribution in [0.2, 0.25) is 0 Å². The maximum Gasteiger partial charge on any atom is 0.335 e. The molecule has 1 aromatic carbocycles. The van der Waals surface area contributed by atoms with Gasteiger partial charge in [-0.1, -0.05) is 30.3 Å². The molecule has 1 saturated heterocycles. The van der Waals surface area contributed by atoms with Crippen molar-refractivity contribution >= 4 is 11.9 Å². The number of esters is 1. The molecule has 110 valence electrons. The number of rotatable bonds is 4. The summed E-state index contributed by atoms with van der Waals surface area (Å²) in [5.41, 5.74) is 1.41. The van der Waals surface area contributed by atoms with Gasteiger partial charge >= 0.3 is 5.97 Å². The Balaban J connectivity index is 1.59. The molecule has 1 aromatic rings. The van der Waals surface area contributed by atoms with E-state index in [1.807, 2.05) is 30.3 Å². The van der Waals surface area contributed by atoms with Crippen LogP contribution in [-0.4, -0.2) is 34.0 Å². The van der Waals surface area contributed by atoms with E-state index in [-0.39, 0.29) is 18.6 Å². The molecule has 1 N–H and O–H groups in total. The second-order valence-electron chi connectivity index (χ2n) is 5.50. The Labute approximate surface area is 122 Å². The molecule has 0 aromatic heterocycles. The minimum Gasteiger partial charge on any atom is -0.457 e. The highest BCUT2D eigenvalue weighted by atomic mass is 16.5. The van der Waals surface area contributed by atoms with Gasteiger partial charge in [0.1, 0.15) is 6.61 Å². The van der Waals surface area contributed by atoms with Crippen LogP contribution >= 0.6 is 0 Å². The molecule has 2 aliphatic rings. The first-order valence-corrected chi connectivity index (χ1v) is 7.00. The summed E-state index contributed by atoms with van der Waals surface area (Å²) in [4.78, 5) is 25.4. The van der Waals surface area contributed by atoms with Crippen LogP contribution in [0.25, 0.3) is 0 Å². The summed E-state index contributed by atoms with van der Waals surface area (Å²) in [6, 6.07) is 9.34. The normalized spacial score (nSPS) is 25.0. The lowest BCUT2D eigenvalue weighted by Crippen LogP contribution is -2.59. The zero-order chi connectivity index (χ0) is 15.0. The van der Waals surface area contributed by atoms with Crippen LogP contribution in [0.15, 0.2) is 42.1 Å². The number of hydrogen-bond donors (Lipinski definition) is 1. The van der Waals surface area contributed by atoms with E-state index in [0.29, 0.717) is 12.0 Å². The van der Waals surface area contributed by atoms with Crippen LogP contribution in [0.5, 0.6) is 0 Å². The summed E-state index contributed by atoms with van der Waals surface area (Å²) in [6.07, 6.45) is 1.32. The minimum absolute atomic E-state index is 0.100. The number of carbonyl (C=O) groups is 2. The van der Waals surface area contributed by atoms with Gasteiger partial charge in [-0.3, -0.25) is 4.79 Å². The molecule has 1 fully saturated rings. The van der Waals surface area contributed by atoms with Crippen LogP contribution in [0.3, 0.4) is 0 Å². The first-order valence-electron chi connectivity index (χ1n) is 7.00. The summed E-state index contributed by atoms with van der Waals surface area (Å²) in [5.74, 6) is -0.924. The monoisotopic (exact) mass is 287 g/mol. The molecule has 2 aliphatic heterocycles. The summed E-state index contributed by atoms with van der Waals surface area (Å²) in [7, 11) is 0. The van der Waals surface area contributed by atoms with Crippen molar-refractivity contribution in [3.8, 4) is 0 Å². The van der Waals surface area contributed by atoms with Gasteiger partial charge in [0, 0.05) is 12.6 Å². The summed E-state index contributed by atoms with van der Waals surface area (Å²) < 4.78 is 5.26. The van der Waals surface area contributed by atoms with E-state index >= 15 is 0 Å². The molecule has 1 amide bonds. The molecule has 0 saturated carbocycles. The third-order valence-corrected chi connectivity index (χ3v) is 4.03. The fourth-order valence-electron chi connectivity index (χ4n) is 2.90. The third-order valence-electron chi connectivity index (χ3n) is 4.03. The highest BCUT2D eigenvalue weighted by Gasteiger charge is 2.52. The lowest BCUT2D eigenvalue weighted by molar-refractivity contribution is -0.156. The van der Waals surface area contributed by atoms with Gasteiger partial charge in [0.25, 0.3) is 0 Å². The standard InChI is InChI=1S/C16H17NO4/c1-10(18)14-13-7-12(8-17(13)15(14)19)16(20)21-9-11-5-3-2-4-6-11/h2-6,8,10,13-14,18H,7,9H2,1H3. The first kappa shape index (κ1) is 13.8. The molecule has 3 rings (SSSR count). The molecule has 5 nitrogen and oxygen atoms in total. The SMILES string of the molecule is CC(O)C1C(=O)N2C=C(C(=O)OCc3ccccc3)CC12. The van der Waals surface area contributed by atoms with Gasteiger partial charge in [0.05, 0.1) is 23.6 Å². The number of fused-ring (bicyclic) bond motifs is 1. The molecule has 0 spiro atoms. The summed E-state index contributed by atoms with van der Waals surface area (Å²) >= 11 is 0.